The number of nitrogens with one attached hydrogen (secondary N) is 1. The van der Waals surface area contributed by atoms with Gasteiger partial charge >= 0.3 is 0 Å². The molecule has 1 aromatic carbocycles. The van der Waals surface area contributed by atoms with Crippen molar-refractivity contribution in [3.05, 3.63) is 57.8 Å². The van der Waals surface area contributed by atoms with E-state index in [1.807, 2.05) is 36.7 Å². The molecule has 0 spiro atoms. The lowest BCUT2D eigenvalue weighted by Gasteiger charge is -2.12. The van der Waals surface area contributed by atoms with Gasteiger partial charge in [0.05, 0.1) is 11.6 Å². The zero-order valence-electron chi connectivity index (χ0n) is 11.9. The standard InChI is InChI=1S/C16H16BrN3O/c1-11(2)20-10-14(17)7-15(20)16(21)19-9-13-5-3-4-12(6-13)8-18/h3-7,10-11H,9H2,1-2H3,(H,19,21). The van der Waals surface area contributed by atoms with E-state index >= 15 is 0 Å². The number of halogens is 1. The molecule has 0 unspecified atom stereocenters. The molecular formula is C16H16BrN3O. The number of amides is 1. The Bertz CT molecular complexity index is 698. The lowest BCUT2D eigenvalue weighted by Crippen LogP contribution is -2.25. The Morgan fingerprint density at radius 3 is 2.86 bits per heavy atom. The first-order valence-electron chi connectivity index (χ1n) is 6.66. The monoisotopic (exact) mass is 345 g/mol. The second-order valence-electron chi connectivity index (χ2n) is 5.04. The summed E-state index contributed by atoms with van der Waals surface area (Å²) in [4.78, 5) is 12.3. The first kappa shape index (κ1) is 15.3. The molecule has 0 fully saturated rings. The number of carbonyl (C=O) groups excluding carboxylic acids is 1. The third-order valence-corrected chi connectivity index (χ3v) is 3.55. The normalized spacial score (nSPS) is 10.4. The number of aromatic nitrogens is 1. The summed E-state index contributed by atoms with van der Waals surface area (Å²) in [6, 6.07) is 11.3. The summed E-state index contributed by atoms with van der Waals surface area (Å²) in [6.45, 7) is 4.45. The fourth-order valence-electron chi connectivity index (χ4n) is 2.08. The maximum atomic E-state index is 12.3. The number of carbonyl (C=O) groups is 1. The highest BCUT2D eigenvalue weighted by Gasteiger charge is 2.14. The molecule has 21 heavy (non-hydrogen) atoms. The van der Waals surface area contributed by atoms with Crippen LogP contribution in [-0.4, -0.2) is 10.5 Å². The topological polar surface area (TPSA) is 57.8 Å². The van der Waals surface area contributed by atoms with Crippen molar-refractivity contribution in [2.75, 3.05) is 0 Å². The summed E-state index contributed by atoms with van der Waals surface area (Å²) in [5, 5.41) is 11.8. The first-order chi connectivity index (χ1) is 10.0. The molecule has 0 bridgehead atoms. The molecule has 1 heterocycles. The van der Waals surface area contributed by atoms with E-state index in [0.29, 0.717) is 17.8 Å². The van der Waals surface area contributed by atoms with Gasteiger partial charge in [-0.1, -0.05) is 12.1 Å². The summed E-state index contributed by atoms with van der Waals surface area (Å²) < 4.78 is 2.80. The predicted octanol–water partition coefficient (Wildman–Crippen LogP) is 3.63. The Hall–Kier alpha value is -2.06. The van der Waals surface area contributed by atoms with Gasteiger partial charge in [0.2, 0.25) is 0 Å². The number of hydrogen-bond donors (Lipinski definition) is 1. The average molecular weight is 346 g/mol. The number of rotatable bonds is 4. The van der Waals surface area contributed by atoms with Gasteiger partial charge in [0.25, 0.3) is 5.91 Å². The zero-order valence-corrected chi connectivity index (χ0v) is 13.5. The lowest BCUT2D eigenvalue weighted by molar-refractivity contribution is 0.0940. The van der Waals surface area contributed by atoms with Gasteiger partial charge in [-0.05, 0) is 53.5 Å². The fourth-order valence-corrected chi connectivity index (χ4v) is 2.52. The minimum atomic E-state index is -0.128. The van der Waals surface area contributed by atoms with E-state index in [4.69, 9.17) is 5.26 Å². The van der Waals surface area contributed by atoms with Crippen LogP contribution in [0.15, 0.2) is 41.0 Å². The van der Waals surface area contributed by atoms with Crippen molar-refractivity contribution in [3.63, 3.8) is 0 Å². The number of nitrogens with zero attached hydrogens (tertiary/aromatic N) is 2. The van der Waals surface area contributed by atoms with Crippen LogP contribution in [0.3, 0.4) is 0 Å². The first-order valence-corrected chi connectivity index (χ1v) is 7.45. The smallest absolute Gasteiger partial charge is 0.268 e. The lowest BCUT2D eigenvalue weighted by atomic mass is 10.1. The summed E-state index contributed by atoms with van der Waals surface area (Å²) in [5.41, 5.74) is 2.12. The molecule has 108 valence electrons. The van der Waals surface area contributed by atoms with Crippen molar-refractivity contribution in [2.24, 2.45) is 0 Å². The summed E-state index contributed by atoms with van der Waals surface area (Å²) >= 11 is 3.40. The van der Waals surface area contributed by atoms with E-state index in [2.05, 4.69) is 27.3 Å². The van der Waals surface area contributed by atoms with Crippen LogP contribution in [0.2, 0.25) is 0 Å². The molecule has 0 atom stereocenters. The van der Waals surface area contributed by atoms with Gasteiger partial charge in [0, 0.05) is 23.3 Å². The van der Waals surface area contributed by atoms with E-state index in [0.717, 1.165) is 10.0 Å². The van der Waals surface area contributed by atoms with Crippen molar-refractivity contribution in [1.29, 1.82) is 5.26 Å². The molecule has 1 amide bonds. The van der Waals surface area contributed by atoms with Gasteiger partial charge in [-0.3, -0.25) is 4.79 Å². The third-order valence-electron chi connectivity index (χ3n) is 3.11. The van der Waals surface area contributed by atoms with Gasteiger partial charge in [0.15, 0.2) is 0 Å². The van der Waals surface area contributed by atoms with Crippen LogP contribution in [0.25, 0.3) is 0 Å². The second-order valence-corrected chi connectivity index (χ2v) is 5.96. The van der Waals surface area contributed by atoms with Crippen LogP contribution in [-0.2, 0) is 6.54 Å². The van der Waals surface area contributed by atoms with Crippen molar-refractivity contribution < 1.29 is 4.79 Å². The fraction of sp³-hybridized carbons (Fsp3) is 0.250. The van der Waals surface area contributed by atoms with Gasteiger partial charge in [-0.2, -0.15) is 5.26 Å². The highest BCUT2D eigenvalue weighted by Crippen LogP contribution is 2.19. The highest BCUT2D eigenvalue weighted by molar-refractivity contribution is 9.10. The molecule has 1 N–H and O–H groups in total. The van der Waals surface area contributed by atoms with E-state index in [1.165, 1.54) is 0 Å². The molecule has 0 radical (unpaired) electrons. The SMILES string of the molecule is CC(C)n1cc(Br)cc1C(=O)NCc1cccc(C#N)c1. The Morgan fingerprint density at radius 1 is 1.43 bits per heavy atom. The number of benzene rings is 1. The second kappa shape index (κ2) is 6.59. The number of nitriles is 1. The van der Waals surface area contributed by atoms with Crippen LogP contribution in [0.5, 0.6) is 0 Å². The predicted molar refractivity (Wildman–Crippen MR) is 84.8 cm³/mol. The Balaban J connectivity index is 2.10. The van der Waals surface area contributed by atoms with Gasteiger partial charge < -0.3 is 9.88 Å². The molecule has 0 aliphatic rings. The van der Waals surface area contributed by atoms with Gasteiger partial charge in [0.1, 0.15) is 5.69 Å². The Labute approximate surface area is 132 Å². The molecule has 4 nitrogen and oxygen atoms in total. The molecule has 5 heteroatoms. The molecule has 2 aromatic rings. The van der Waals surface area contributed by atoms with Crippen LogP contribution >= 0.6 is 15.9 Å². The van der Waals surface area contributed by atoms with E-state index < -0.39 is 0 Å². The van der Waals surface area contributed by atoms with E-state index in [-0.39, 0.29) is 11.9 Å². The van der Waals surface area contributed by atoms with Crippen molar-refractivity contribution >= 4 is 21.8 Å². The molecular weight excluding hydrogens is 330 g/mol. The molecule has 1 aromatic heterocycles. The van der Waals surface area contributed by atoms with Crippen LogP contribution in [0.4, 0.5) is 0 Å². The largest absolute Gasteiger partial charge is 0.347 e. The summed E-state index contributed by atoms with van der Waals surface area (Å²) in [5.74, 6) is -0.128. The van der Waals surface area contributed by atoms with Crippen molar-refractivity contribution in [3.8, 4) is 6.07 Å². The van der Waals surface area contributed by atoms with Crippen LogP contribution < -0.4 is 5.32 Å². The van der Waals surface area contributed by atoms with Gasteiger partial charge in [-0.15, -0.1) is 0 Å². The third kappa shape index (κ3) is 3.73. The van der Waals surface area contributed by atoms with Gasteiger partial charge in [-0.25, -0.2) is 0 Å². The molecule has 0 saturated carbocycles. The molecule has 2 rings (SSSR count). The van der Waals surface area contributed by atoms with E-state index in [1.54, 1.807) is 18.2 Å². The van der Waals surface area contributed by atoms with Crippen LogP contribution in [0, 0.1) is 11.3 Å². The summed E-state index contributed by atoms with van der Waals surface area (Å²) in [6.07, 6.45) is 1.90. The number of hydrogen-bond acceptors (Lipinski definition) is 2. The maximum absolute atomic E-state index is 12.3. The van der Waals surface area contributed by atoms with Crippen molar-refractivity contribution in [1.82, 2.24) is 9.88 Å². The Kier molecular flexibility index (Phi) is 4.81. The average Bonchev–Trinajstić information content (AvgIpc) is 2.87. The minimum Gasteiger partial charge on any atom is -0.347 e. The maximum Gasteiger partial charge on any atom is 0.268 e. The van der Waals surface area contributed by atoms with Crippen molar-refractivity contribution in [2.45, 2.75) is 26.4 Å². The van der Waals surface area contributed by atoms with Crippen LogP contribution in [0.1, 0.15) is 41.5 Å². The Morgan fingerprint density at radius 2 is 2.19 bits per heavy atom. The zero-order chi connectivity index (χ0) is 15.4. The highest BCUT2D eigenvalue weighted by atomic mass is 79.9. The molecule has 0 aliphatic heterocycles. The molecule has 0 saturated heterocycles. The molecule has 0 aliphatic carbocycles. The van der Waals surface area contributed by atoms with E-state index in [9.17, 15) is 4.79 Å². The quantitative estimate of drug-likeness (QED) is 0.919. The minimum absolute atomic E-state index is 0.128. The summed E-state index contributed by atoms with van der Waals surface area (Å²) in [7, 11) is 0.